The van der Waals surface area contributed by atoms with E-state index in [0.29, 0.717) is 11.4 Å². The lowest BCUT2D eigenvalue weighted by atomic mass is 10.2. The molecule has 0 aliphatic heterocycles. The van der Waals surface area contributed by atoms with Crippen LogP contribution < -0.4 is 5.32 Å². The molecule has 0 saturated carbocycles. The number of halogens is 3. The number of hydrogen-bond acceptors (Lipinski definition) is 4. The zero-order valence-corrected chi connectivity index (χ0v) is 11.6. The van der Waals surface area contributed by atoms with E-state index in [2.05, 4.69) is 20.5 Å². The Hall–Kier alpha value is -3.03. The number of aromatic amines is 1. The van der Waals surface area contributed by atoms with Crippen LogP contribution in [0.4, 0.5) is 24.8 Å². The molecule has 0 atom stereocenters. The Morgan fingerprint density at radius 3 is 2.48 bits per heavy atom. The van der Waals surface area contributed by atoms with E-state index in [1.54, 1.807) is 12.1 Å². The van der Waals surface area contributed by atoms with Gasteiger partial charge >= 0.3 is 6.18 Å². The molecule has 2 aromatic carbocycles. The van der Waals surface area contributed by atoms with E-state index in [1.807, 2.05) is 0 Å². The first-order valence-electron chi connectivity index (χ1n) is 6.58. The summed E-state index contributed by atoms with van der Waals surface area (Å²) in [7, 11) is 0. The van der Waals surface area contributed by atoms with Crippen molar-refractivity contribution in [2.75, 3.05) is 5.32 Å². The Labute approximate surface area is 128 Å². The summed E-state index contributed by atoms with van der Waals surface area (Å²) in [4.78, 5) is 4.16. The van der Waals surface area contributed by atoms with Crippen molar-refractivity contribution in [1.82, 2.24) is 15.2 Å². The number of H-pyrrole nitrogens is 1. The number of anilines is 2. The first-order chi connectivity index (χ1) is 10.9. The van der Waals surface area contributed by atoms with Crippen LogP contribution >= 0.6 is 0 Å². The lowest BCUT2D eigenvalue weighted by Crippen LogP contribution is -2.05. The Kier molecular flexibility index (Phi) is 3.65. The SMILES string of the molecule is Oc1ccc(-c2nc(Nc3cccc(C(F)(F)F)c3)n[nH]2)cc1. The van der Waals surface area contributed by atoms with Gasteiger partial charge in [-0.05, 0) is 42.5 Å². The van der Waals surface area contributed by atoms with Crippen molar-refractivity contribution in [3.8, 4) is 17.1 Å². The van der Waals surface area contributed by atoms with Gasteiger partial charge in [0.2, 0.25) is 5.95 Å². The van der Waals surface area contributed by atoms with Crippen molar-refractivity contribution in [2.24, 2.45) is 0 Å². The fourth-order valence-corrected chi connectivity index (χ4v) is 1.97. The van der Waals surface area contributed by atoms with E-state index in [4.69, 9.17) is 0 Å². The highest BCUT2D eigenvalue weighted by Crippen LogP contribution is 2.31. The van der Waals surface area contributed by atoms with Gasteiger partial charge in [0.05, 0.1) is 5.56 Å². The van der Waals surface area contributed by atoms with Crippen molar-refractivity contribution >= 4 is 11.6 Å². The number of nitrogens with one attached hydrogen (secondary N) is 2. The number of phenols is 1. The minimum Gasteiger partial charge on any atom is -0.508 e. The monoisotopic (exact) mass is 320 g/mol. The Morgan fingerprint density at radius 1 is 1.04 bits per heavy atom. The van der Waals surface area contributed by atoms with Gasteiger partial charge in [0.15, 0.2) is 5.82 Å². The zero-order valence-electron chi connectivity index (χ0n) is 11.6. The van der Waals surface area contributed by atoms with Crippen LogP contribution in [0.15, 0.2) is 48.5 Å². The van der Waals surface area contributed by atoms with Crippen LogP contribution in [0.5, 0.6) is 5.75 Å². The summed E-state index contributed by atoms with van der Waals surface area (Å²) in [6.07, 6.45) is -4.41. The first-order valence-corrected chi connectivity index (χ1v) is 6.58. The number of aromatic nitrogens is 3. The largest absolute Gasteiger partial charge is 0.508 e. The van der Waals surface area contributed by atoms with E-state index < -0.39 is 11.7 Å². The molecule has 3 rings (SSSR count). The highest BCUT2D eigenvalue weighted by atomic mass is 19.4. The molecule has 0 radical (unpaired) electrons. The van der Waals surface area contributed by atoms with E-state index >= 15 is 0 Å². The molecule has 3 N–H and O–H groups in total. The van der Waals surface area contributed by atoms with Gasteiger partial charge in [-0.15, -0.1) is 5.10 Å². The molecular weight excluding hydrogens is 309 g/mol. The number of phenolic OH excluding ortho intramolecular Hbond substituents is 1. The molecule has 0 unspecified atom stereocenters. The zero-order chi connectivity index (χ0) is 16.4. The lowest BCUT2D eigenvalue weighted by molar-refractivity contribution is -0.137. The third-order valence-corrected chi connectivity index (χ3v) is 3.07. The summed E-state index contributed by atoms with van der Waals surface area (Å²) in [5, 5.41) is 18.6. The minimum absolute atomic E-state index is 0.121. The van der Waals surface area contributed by atoms with Crippen LogP contribution in [-0.4, -0.2) is 20.3 Å². The second-order valence-corrected chi connectivity index (χ2v) is 4.76. The van der Waals surface area contributed by atoms with Crippen LogP contribution in [0, 0.1) is 0 Å². The number of benzene rings is 2. The van der Waals surface area contributed by atoms with Gasteiger partial charge in [-0.1, -0.05) is 6.07 Å². The Balaban J connectivity index is 1.81. The van der Waals surface area contributed by atoms with Crippen LogP contribution in [0.2, 0.25) is 0 Å². The average Bonchev–Trinajstić information content (AvgIpc) is 2.96. The van der Waals surface area contributed by atoms with Crippen molar-refractivity contribution in [3.05, 3.63) is 54.1 Å². The molecule has 1 aromatic heterocycles. The van der Waals surface area contributed by atoms with E-state index in [1.165, 1.54) is 24.3 Å². The molecule has 23 heavy (non-hydrogen) atoms. The van der Waals surface area contributed by atoms with Crippen molar-refractivity contribution < 1.29 is 18.3 Å². The van der Waals surface area contributed by atoms with Crippen LogP contribution in [-0.2, 0) is 6.18 Å². The highest BCUT2D eigenvalue weighted by molar-refractivity contribution is 5.60. The van der Waals surface area contributed by atoms with E-state index in [-0.39, 0.29) is 17.4 Å². The third kappa shape index (κ3) is 3.42. The number of rotatable bonds is 3. The molecule has 0 bridgehead atoms. The fraction of sp³-hybridized carbons (Fsp3) is 0.0667. The second kappa shape index (κ2) is 5.64. The highest BCUT2D eigenvalue weighted by Gasteiger charge is 2.30. The maximum absolute atomic E-state index is 12.7. The normalized spacial score (nSPS) is 11.4. The topological polar surface area (TPSA) is 73.8 Å². The van der Waals surface area contributed by atoms with Gasteiger partial charge in [0.25, 0.3) is 0 Å². The molecule has 0 aliphatic carbocycles. The standard InChI is InChI=1S/C15H11F3N4O/c16-15(17,18)10-2-1-3-11(8-10)19-14-20-13(21-22-14)9-4-6-12(23)7-5-9/h1-8,23H,(H2,19,20,21,22). The number of nitrogens with zero attached hydrogens (tertiary/aromatic N) is 2. The van der Waals surface area contributed by atoms with Crippen molar-refractivity contribution in [3.63, 3.8) is 0 Å². The molecule has 0 aliphatic rings. The number of aromatic hydroxyl groups is 1. The maximum Gasteiger partial charge on any atom is 0.416 e. The van der Waals surface area contributed by atoms with Gasteiger partial charge in [-0.2, -0.15) is 18.2 Å². The number of alkyl halides is 3. The quantitative estimate of drug-likeness (QED) is 0.683. The molecule has 3 aromatic rings. The van der Waals surface area contributed by atoms with Gasteiger partial charge in [-0.25, -0.2) is 0 Å². The van der Waals surface area contributed by atoms with E-state index in [0.717, 1.165) is 12.1 Å². The predicted octanol–water partition coefficient (Wildman–Crippen LogP) is 3.94. The van der Waals surface area contributed by atoms with Gasteiger partial charge in [0.1, 0.15) is 5.75 Å². The second-order valence-electron chi connectivity index (χ2n) is 4.76. The molecule has 8 heteroatoms. The van der Waals surface area contributed by atoms with Gasteiger partial charge in [-0.3, -0.25) is 5.10 Å². The smallest absolute Gasteiger partial charge is 0.416 e. The molecular formula is C15H11F3N4O. The predicted molar refractivity (Wildman–Crippen MR) is 78.2 cm³/mol. The summed E-state index contributed by atoms with van der Waals surface area (Å²) in [6.45, 7) is 0. The third-order valence-electron chi connectivity index (χ3n) is 3.07. The molecule has 1 heterocycles. The van der Waals surface area contributed by atoms with Gasteiger partial charge in [0, 0.05) is 11.3 Å². The molecule has 0 fully saturated rings. The Bertz CT molecular complexity index is 812. The molecule has 5 nitrogen and oxygen atoms in total. The molecule has 0 saturated heterocycles. The fourth-order valence-electron chi connectivity index (χ4n) is 1.97. The summed E-state index contributed by atoms with van der Waals surface area (Å²) < 4.78 is 38.0. The van der Waals surface area contributed by atoms with Crippen LogP contribution in [0.3, 0.4) is 0 Å². The van der Waals surface area contributed by atoms with Gasteiger partial charge < -0.3 is 10.4 Å². The van der Waals surface area contributed by atoms with Crippen LogP contribution in [0.1, 0.15) is 5.56 Å². The molecule has 0 amide bonds. The van der Waals surface area contributed by atoms with Crippen molar-refractivity contribution in [2.45, 2.75) is 6.18 Å². The lowest BCUT2D eigenvalue weighted by Gasteiger charge is -2.08. The Morgan fingerprint density at radius 2 is 1.78 bits per heavy atom. The summed E-state index contributed by atoms with van der Waals surface area (Å²) in [5.74, 6) is 0.697. The summed E-state index contributed by atoms with van der Waals surface area (Å²) in [5.41, 5.74) is 0.167. The van der Waals surface area contributed by atoms with Crippen molar-refractivity contribution in [1.29, 1.82) is 0 Å². The minimum atomic E-state index is -4.41. The maximum atomic E-state index is 12.7. The molecule has 118 valence electrons. The molecule has 0 spiro atoms. The average molecular weight is 320 g/mol. The first kappa shape index (κ1) is 14.9. The van der Waals surface area contributed by atoms with E-state index in [9.17, 15) is 18.3 Å². The number of hydrogen-bond donors (Lipinski definition) is 3. The summed E-state index contributed by atoms with van der Waals surface area (Å²) in [6, 6.07) is 11.1. The summed E-state index contributed by atoms with van der Waals surface area (Å²) >= 11 is 0. The van der Waals surface area contributed by atoms with Crippen LogP contribution in [0.25, 0.3) is 11.4 Å².